The summed E-state index contributed by atoms with van der Waals surface area (Å²) in [5, 5.41) is 14.0. The van der Waals surface area contributed by atoms with Crippen LogP contribution in [0.25, 0.3) is 0 Å². The number of hydrogen-bond donors (Lipinski definition) is 2. The minimum atomic E-state index is -0.345. The molecule has 0 saturated carbocycles. The number of carbonyl (C=O) groups is 2. The van der Waals surface area contributed by atoms with Gasteiger partial charge in [-0.25, -0.2) is 0 Å². The predicted octanol–water partition coefficient (Wildman–Crippen LogP) is 1.89. The number of ether oxygens (including phenoxy) is 2. The molecule has 2 aromatic rings. The Labute approximate surface area is 182 Å². The van der Waals surface area contributed by atoms with Gasteiger partial charge >= 0.3 is 0 Å². The van der Waals surface area contributed by atoms with Gasteiger partial charge in [-0.15, -0.1) is 10.2 Å². The van der Waals surface area contributed by atoms with Gasteiger partial charge < -0.3 is 24.7 Å². The third-order valence-corrected chi connectivity index (χ3v) is 5.07. The lowest BCUT2D eigenvalue weighted by Gasteiger charge is -2.12. The zero-order valence-electron chi connectivity index (χ0n) is 18.3. The van der Waals surface area contributed by atoms with Crippen molar-refractivity contribution < 1.29 is 19.1 Å². The highest BCUT2D eigenvalue weighted by Crippen LogP contribution is 2.28. The second-order valence-corrected chi connectivity index (χ2v) is 7.30. The number of amides is 2. The van der Waals surface area contributed by atoms with Gasteiger partial charge in [0, 0.05) is 31.5 Å². The monoisotopic (exact) mass is 429 g/mol. The largest absolute Gasteiger partial charge is 0.490 e. The van der Waals surface area contributed by atoms with Crippen molar-refractivity contribution in [1.82, 2.24) is 25.4 Å². The van der Waals surface area contributed by atoms with Crippen LogP contribution in [0.5, 0.6) is 11.5 Å². The molecule has 31 heavy (non-hydrogen) atoms. The van der Waals surface area contributed by atoms with Crippen LogP contribution < -0.4 is 20.1 Å². The standard InChI is InChI=1S/C22H31N5O4/c1-3-30-17-10-9-16(14-18(17)31-4-2)22(29)24-15-21(28)23-12-11-20-26-25-19-8-6-5-7-13-27(19)20/h9-10,14H,3-8,11-13,15H2,1-2H3,(H,23,28)(H,24,29). The van der Waals surface area contributed by atoms with Crippen molar-refractivity contribution in [2.75, 3.05) is 26.3 Å². The van der Waals surface area contributed by atoms with Crippen LogP contribution in [0.1, 0.15) is 55.1 Å². The van der Waals surface area contributed by atoms with Gasteiger partial charge in [0.25, 0.3) is 5.91 Å². The van der Waals surface area contributed by atoms with Crippen molar-refractivity contribution in [2.45, 2.75) is 52.5 Å². The van der Waals surface area contributed by atoms with Gasteiger partial charge in [0.05, 0.1) is 19.8 Å². The normalized spacial score (nSPS) is 13.1. The Morgan fingerprint density at radius 2 is 1.84 bits per heavy atom. The molecule has 0 spiro atoms. The molecule has 1 aromatic heterocycles. The van der Waals surface area contributed by atoms with Gasteiger partial charge in [0.2, 0.25) is 5.91 Å². The van der Waals surface area contributed by atoms with E-state index in [-0.39, 0.29) is 18.4 Å². The Kier molecular flexibility index (Phi) is 8.26. The molecule has 1 aliphatic heterocycles. The van der Waals surface area contributed by atoms with E-state index >= 15 is 0 Å². The van der Waals surface area contributed by atoms with E-state index in [0.29, 0.717) is 43.2 Å². The maximum Gasteiger partial charge on any atom is 0.251 e. The lowest BCUT2D eigenvalue weighted by atomic mass is 10.2. The van der Waals surface area contributed by atoms with Crippen molar-refractivity contribution >= 4 is 11.8 Å². The van der Waals surface area contributed by atoms with Crippen LogP contribution >= 0.6 is 0 Å². The molecule has 3 rings (SSSR count). The number of aryl methyl sites for hydroxylation is 1. The molecule has 2 N–H and O–H groups in total. The highest BCUT2D eigenvalue weighted by molar-refractivity contribution is 5.97. The number of aromatic nitrogens is 3. The second kappa shape index (κ2) is 11.3. The molecular formula is C22H31N5O4. The van der Waals surface area contributed by atoms with Crippen molar-refractivity contribution in [3.63, 3.8) is 0 Å². The van der Waals surface area contributed by atoms with Crippen molar-refractivity contribution in [3.05, 3.63) is 35.4 Å². The summed E-state index contributed by atoms with van der Waals surface area (Å²) in [6.07, 6.45) is 5.06. The first-order chi connectivity index (χ1) is 15.1. The SMILES string of the molecule is CCOc1ccc(C(=O)NCC(=O)NCCc2nnc3n2CCCCC3)cc1OCC. The van der Waals surface area contributed by atoms with Crippen molar-refractivity contribution in [1.29, 1.82) is 0 Å². The average molecular weight is 430 g/mol. The number of rotatable bonds is 10. The van der Waals surface area contributed by atoms with E-state index in [1.54, 1.807) is 18.2 Å². The zero-order valence-corrected chi connectivity index (χ0v) is 18.3. The Morgan fingerprint density at radius 1 is 1.03 bits per heavy atom. The summed E-state index contributed by atoms with van der Waals surface area (Å²) in [4.78, 5) is 24.6. The number of nitrogens with zero attached hydrogens (tertiary/aromatic N) is 3. The van der Waals surface area contributed by atoms with Gasteiger partial charge in [-0.3, -0.25) is 9.59 Å². The van der Waals surface area contributed by atoms with Gasteiger partial charge in [0.1, 0.15) is 11.6 Å². The van der Waals surface area contributed by atoms with E-state index in [2.05, 4.69) is 25.4 Å². The summed E-state index contributed by atoms with van der Waals surface area (Å²) < 4.78 is 13.2. The minimum absolute atomic E-state index is 0.103. The van der Waals surface area contributed by atoms with Crippen LogP contribution in [0.4, 0.5) is 0 Å². The van der Waals surface area contributed by atoms with Crippen molar-refractivity contribution in [2.24, 2.45) is 0 Å². The van der Waals surface area contributed by atoms with E-state index < -0.39 is 0 Å². The summed E-state index contributed by atoms with van der Waals surface area (Å²) in [5.41, 5.74) is 0.408. The predicted molar refractivity (Wildman–Crippen MR) is 115 cm³/mol. The van der Waals surface area contributed by atoms with Gasteiger partial charge in [-0.2, -0.15) is 0 Å². The third-order valence-electron chi connectivity index (χ3n) is 5.07. The van der Waals surface area contributed by atoms with Crippen LogP contribution in [0.3, 0.4) is 0 Å². The van der Waals surface area contributed by atoms with Gasteiger partial charge in [0.15, 0.2) is 11.5 Å². The molecule has 168 valence electrons. The first kappa shape index (κ1) is 22.6. The molecule has 0 atom stereocenters. The number of nitrogens with one attached hydrogen (secondary N) is 2. The van der Waals surface area contributed by atoms with Gasteiger partial charge in [-0.05, 0) is 44.9 Å². The van der Waals surface area contributed by atoms with Gasteiger partial charge in [-0.1, -0.05) is 6.42 Å². The molecule has 0 aliphatic carbocycles. The van der Waals surface area contributed by atoms with Crippen LogP contribution in [-0.4, -0.2) is 52.9 Å². The fourth-order valence-electron chi connectivity index (χ4n) is 3.56. The van der Waals surface area contributed by atoms with E-state index in [1.807, 2.05) is 13.8 Å². The molecule has 1 aliphatic rings. The number of fused-ring (bicyclic) bond motifs is 1. The highest BCUT2D eigenvalue weighted by Gasteiger charge is 2.15. The Morgan fingerprint density at radius 3 is 2.65 bits per heavy atom. The molecule has 2 amide bonds. The van der Waals surface area contributed by atoms with Crippen LogP contribution in [0, 0.1) is 0 Å². The first-order valence-electron chi connectivity index (χ1n) is 11.0. The fourth-order valence-corrected chi connectivity index (χ4v) is 3.56. The minimum Gasteiger partial charge on any atom is -0.490 e. The maximum atomic E-state index is 12.4. The van der Waals surface area contributed by atoms with E-state index in [4.69, 9.17) is 9.47 Å². The molecule has 1 aromatic carbocycles. The van der Waals surface area contributed by atoms with Crippen molar-refractivity contribution in [3.8, 4) is 11.5 Å². The smallest absolute Gasteiger partial charge is 0.251 e. The summed E-state index contributed by atoms with van der Waals surface area (Å²) in [5.74, 6) is 2.44. The molecule has 9 nitrogen and oxygen atoms in total. The van der Waals surface area contributed by atoms with E-state index in [0.717, 1.165) is 37.5 Å². The number of benzene rings is 1. The summed E-state index contributed by atoms with van der Waals surface area (Å²) in [6, 6.07) is 4.97. The molecular weight excluding hydrogens is 398 g/mol. The highest BCUT2D eigenvalue weighted by atomic mass is 16.5. The lowest BCUT2D eigenvalue weighted by molar-refractivity contribution is -0.120. The van der Waals surface area contributed by atoms with Crippen LogP contribution in [0.15, 0.2) is 18.2 Å². The van der Waals surface area contributed by atoms with E-state index in [1.165, 1.54) is 6.42 Å². The maximum absolute atomic E-state index is 12.4. The molecule has 2 heterocycles. The molecule has 0 saturated heterocycles. The molecule has 0 fully saturated rings. The molecule has 0 unspecified atom stereocenters. The molecule has 0 radical (unpaired) electrons. The first-order valence-corrected chi connectivity index (χ1v) is 11.0. The average Bonchev–Trinajstić information content (AvgIpc) is 2.99. The summed E-state index contributed by atoms with van der Waals surface area (Å²) in [6.45, 7) is 6.00. The summed E-state index contributed by atoms with van der Waals surface area (Å²) in [7, 11) is 0. The Hall–Kier alpha value is -3.10. The van der Waals surface area contributed by atoms with E-state index in [9.17, 15) is 9.59 Å². The van der Waals surface area contributed by atoms with Crippen LogP contribution in [-0.2, 0) is 24.2 Å². The third kappa shape index (κ3) is 6.19. The lowest BCUT2D eigenvalue weighted by Crippen LogP contribution is -2.37. The topological polar surface area (TPSA) is 107 Å². The zero-order chi connectivity index (χ0) is 22.1. The summed E-state index contributed by atoms with van der Waals surface area (Å²) >= 11 is 0. The number of hydrogen-bond acceptors (Lipinski definition) is 6. The fraction of sp³-hybridized carbons (Fsp3) is 0.545. The van der Waals surface area contributed by atoms with Crippen LogP contribution in [0.2, 0.25) is 0 Å². The molecule has 0 bridgehead atoms. The quantitative estimate of drug-likeness (QED) is 0.597. The second-order valence-electron chi connectivity index (χ2n) is 7.30. The Balaban J connectivity index is 1.46. The Bertz CT molecular complexity index is 896. The number of carbonyl (C=O) groups excluding carboxylic acids is 2. The molecule has 9 heteroatoms.